The Hall–Kier alpha value is -2.48. The molecule has 8 heteroatoms. The number of nitrogens with zero attached hydrogens (tertiary/aromatic N) is 2. The smallest absolute Gasteiger partial charge is 0.407 e. The number of rotatable bonds is 5. The molecule has 2 aromatic rings. The van der Waals surface area contributed by atoms with Crippen molar-refractivity contribution in [2.45, 2.75) is 26.3 Å². The Balaban J connectivity index is 2.04. The number of thiazole rings is 1. The van der Waals surface area contributed by atoms with Gasteiger partial charge in [-0.2, -0.15) is 0 Å². The van der Waals surface area contributed by atoms with Crippen LogP contribution in [0.15, 0.2) is 29.8 Å². The molecule has 134 valence electrons. The average molecular weight is 365 g/mol. The van der Waals surface area contributed by atoms with Gasteiger partial charge in [0.05, 0.1) is 10.4 Å². The number of hydrogen-bond donors (Lipinski definition) is 2. The minimum atomic E-state index is -1.04. The van der Waals surface area contributed by atoms with Crippen LogP contribution in [0.5, 0.6) is 0 Å². The van der Waals surface area contributed by atoms with Gasteiger partial charge in [0.15, 0.2) is 0 Å². The van der Waals surface area contributed by atoms with Crippen LogP contribution in [0.4, 0.5) is 9.18 Å². The summed E-state index contributed by atoms with van der Waals surface area (Å²) in [5, 5.41) is 11.9. The summed E-state index contributed by atoms with van der Waals surface area (Å²) in [7, 11) is 0. The zero-order chi connectivity index (χ0) is 18.6. The van der Waals surface area contributed by atoms with E-state index in [0.717, 1.165) is 0 Å². The first kappa shape index (κ1) is 18.9. The molecule has 0 aliphatic rings. The zero-order valence-electron chi connectivity index (χ0n) is 14.2. The molecule has 2 N–H and O–H groups in total. The van der Waals surface area contributed by atoms with E-state index in [9.17, 15) is 19.1 Å². The number of hydrogen-bond acceptors (Lipinski definition) is 4. The summed E-state index contributed by atoms with van der Waals surface area (Å²) < 4.78 is 13.0. The van der Waals surface area contributed by atoms with Gasteiger partial charge in [0.25, 0.3) is 5.91 Å². The molecule has 0 saturated heterocycles. The fourth-order valence-electron chi connectivity index (χ4n) is 2.30. The van der Waals surface area contributed by atoms with Crippen LogP contribution in [-0.4, -0.2) is 45.6 Å². The standard InChI is InChI=1S/C17H20FN3O3S/c1-17(2,3)21(16(23)24)9-8-19-15(22)13-14(25-10-20-13)11-4-6-12(18)7-5-11/h4-7,10H,8-9H2,1-3H3,(H,19,22)(H,23,24). The summed E-state index contributed by atoms with van der Waals surface area (Å²) in [4.78, 5) is 29.6. The SMILES string of the molecule is CC(C)(C)N(CCNC(=O)c1ncsc1-c1ccc(F)cc1)C(=O)O. The molecule has 0 aliphatic heterocycles. The molecular weight excluding hydrogens is 345 g/mol. The van der Waals surface area contributed by atoms with E-state index < -0.39 is 11.6 Å². The largest absolute Gasteiger partial charge is 0.465 e. The first-order valence-corrected chi connectivity index (χ1v) is 8.56. The van der Waals surface area contributed by atoms with Crippen molar-refractivity contribution in [3.05, 3.63) is 41.3 Å². The Morgan fingerprint density at radius 3 is 2.48 bits per heavy atom. The highest BCUT2D eigenvalue weighted by molar-refractivity contribution is 7.13. The Morgan fingerprint density at radius 2 is 1.92 bits per heavy atom. The van der Waals surface area contributed by atoms with E-state index >= 15 is 0 Å². The van der Waals surface area contributed by atoms with Gasteiger partial charge in [-0.05, 0) is 38.5 Å². The maximum absolute atomic E-state index is 13.0. The highest BCUT2D eigenvalue weighted by atomic mass is 32.1. The molecule has 0 bridgehead atoms. The van der Waals surface area contributed by atoms with Crippen molar-refractivity contribution in [3.8, 4) is 10.4 Å². The van der Waals surface area contributed by atoms with Gasteiger partial charge < -0.3 is 15.3 Å². The molecule has 0 saturated carbocycles. The van der Waals surface area contributed by atoms with E-state index in [4.69, 9.17) is 0 Å². The van der Waals surface area contributed by atoms with E-state index in [1.54, 1.807) is 38.4 Å². The fraction of sp³-hybridized carbons (Fsp3) is 0.353. The van der Waals surface area contributed by atoms with Crippen LogP contribution < -0.4 is 5.32 Å². The van der Waals surface area contributed by atoms with Gasteiger partial charge in [0.1, 0.15) is 11.5 Å². The molecule has 0 fully saturated rings. The number of benzene rings is 1. The minimum Gasteiger partial charge on any atom is -0.465 e. The van der Waals surface area contributed by atoms with Gasteiger partial charge in [-0.15, -0.1) is 11.3 Å². The molecule has 0 unspecified atom stereocenters. The third-order valence-electron chi connectivity index (χ3n) is 3.55. The molecule has 25 heavy (non-hydrogen) atoms. The lowest BCUT2D eigenvalue weighted by molar-refractivity contribution is 0.0889. The Labute approximate surface area is 149 Å². The highest BCUT2D eigenvalue weighted by Gasteiger charge is 2.26. The number of nitrogens with one attached hydrogen (secondary N) is 1. The number of carbonyl (C=O) groups is 2. The second-order valence-corrected chi connectivity index (χ2v) is 7.25. The molecule has 0 aliphatic carbocycles. The predicted molar refractivity (Wildman–Crippen MR) is 94.3 cm³/mol. The molecule has 0 spiro atoms. The lowest BCUT2D eigenvalue weighted by Crippen LogP contribution is -2.48. The minimum absolute atomic E-state index is 0.167. The van der Waals surface area contributed by atoms with E-state index in [2.05, 4.69) is 10.3 Å². The van der Waals surface area contributed by atoms with Gasteiger partial charge in [0, 0.05) is 18.6 Å². The maximum atomic E-state index is 13.0. The molecule has 1 aromatic carbocycles. The summed E-state index contributed by atoms with van der Waals surface area (Å²) in [6.45, 7) is 5.70. The van der Waals surface area contributed by atoms with E-state index in [1.807, 2.05) is 0 Å². The Bertz CT molecular complexity index is 753. The second-order valence-electron chi connectivity index (χ2n) is 6.40. The fourth-order valence-corrected chi connectivity index (χ4v) is 3.09. The van der Waals surface area contributed by atoms with E-state index in [0.29, 0.717) is 10.4 Å². The number of carbonyl (C=O) groups excluding carboxylic acids is 1. The van der Waals surface area contributed by atoms with Crippen molar-refractivity contribution in [3.63, 3.8) is 0 Å². The molecule has 0 radical (unpaired) electrons. The zero-order valence-corrected chi connectivity index (χ0v) is 15.1. The van der Waals surface area contributed by atoms with Crippen molar-refractivity contribution in [1.82, 2.24) is 15.2 Å². The van der Waals surface area contributed by atoms with Crippen LogP contribution in [0.3, 0.4) is 0 Å². The quantitative estimate of drug-likeness (QED) is 0.850. The Morgan fingerprint density at radius 1 is 1.28 bits per heavy atom. The molecule has 1 aromatic heterocycles. The van der Waals surface area contributed by atoms with Gasteiger partial charge in [-0.3, -0.25) is 4.79 Å². The summed E-state index contributed by atoms with van der Waals surface area (Å²) in [5.41, 5.74) is 1.94. The van der Waals surface area contributed by atoms with Crippen LogP contribution in [0.25, 0.3) is 10.4 Å². The van der Waals surface area contributed by atoms with Gasteiger partial charge >= 0.3 is 6.09 Å². The topological polar surface area (TPSA) is 82.5 Å². The number of amides is 2. The van der Waals surface area contributed by atoms with E-state index in [-0.39, 0.29) is 30.5 Å². The Kier molecular flexibility index (Phi) is 5.73. The van der Waals surface area contributed by atoms with E-state index in [1.165, 1.54) is 28.4 Å². The third kappa shape index (κ3) is 4.76. The van der Waals surface area contributed by atoms with Crippen molar-refractivity contribution in [2.75, 3.05) is 13.1 Å². The van der Waals surface area contributed by atoms with Crippen molar-refractivity contribution >= 4 is 23.3 Å². The summed E-state index contributed by atoms with van der Waals surface area (Å²) in [6.07, 6.45) is -1.04. The van der Waals surface area contributed by atoms with Gasteiger partial charge in [0.2, 0.25) is 0 Å². The molecular formula is C17H20FN3O3S. The molecule has 6 nitrogen and oxygen atoms in total. The van der Waals surface area contributed by atoms with Crippen molar-refractivity contribution < 1.29 is 19.1 Å². The monoisotopic (exact) mass is 365 g/mol. The summed E-state index contributed by atoms with van der Waals surface area (Å²) >= 11 is 1.29. The van der Waals surface area contributed by atoms with Crippen molar-refractivity contribution in [1.29, 1.82) is 0 Å². The molecule has 0 atom stereocenters. The molecule has 2 rings (SSSR count). The van der Waals surface area contributed by atoms with Crippen molar-refractivity contribution in [2.24, 2.45) is 0 Å². The average Bonchev–Trinajstić information content (AvgIpc) is 3.00. The van der Waals surface area contributed by atoms with Crippen LogP contribution >= 0.6 is 11.3 Å². The lowest BCUT2D eigenvalue weighted by Gasteiger charge is -2.33. The highest BCUT2D eigenvalue weighted by Crippen LogP contribution is 2.27. The first-order chi connectivity index (χ1) is 11.7. The maximum Gasteiger partial charge on any atom is 0.407 e. The van der Waals surface area contributed by atoms with Gasteiger partial charge in [-0.25, -0.2) is 14.2 Å². The van der Waals surface area contributed by atoms with Crippen LogP contribution in [0.1, 0.15) is 31.3 Å². The lowest BCUT2D eigenvalue weighted by atomic mass is 10.1. The molecule has 1 heterocycles. The van der Waals surface area contributed by atoms with Crippen LogP contribution in [0.2, 0.25) is 0 Å². The number of carboxylic acid groups (broad SMARTS) is 1. The number of halogens is 1. The molecule has 2 amide bonds. The summed E-state index contributed by atoms with van der Waals surface area (Å²) in [5.74, 6) is -0.741. The van der Waals surface area contributed by atoms with Crippen LogP contribution in [0, 0.1) is 5.82 Å². The predicted octanol–water partition coefficient (Wildman–Crippen LogP) is 3.46. The summed E-state index contributed by atoms with van der Waals surface area (Å²) in [6, 6.07) is 5.83. The normalized spacial score (nSPS) is 11.2. The second kappa shape index (κ2) is 7.60. The van der Waals surface area contributed by atoms with Crippen LogP contribution in [-0.2, 0) is 0 Å². The number of aromatic nitrogens is 1. The first-order valence-electron chi connectivity index (χ1n) is 7.68. The van der Waals surface area contributed by atoms with Gasteiger partial charge in [-0.1, -0.05) is 12.1 Å². The third-order valence-corrected chi connectivity index (χ3v) is 4.43.